The van der Waals surface area contributed by atoms with Crippen molar-refractivity contribution >= 4 is 17.3 Å². The fraction of sp³-hybridized carbons (Fsp3) is 0.200. The molecular formula is C15H14ClFN2O2. The molecule has 0 radical (unpaired) electrons. The molecule has 2 rings (SSSR count). The fourth-order valence-corrected chi connectivity index (χ4v) is 2.10. The lowest BCUT2D eigenvalue weighted by Gasteiger charge is -2.14. The summed E-state index contributed by atoms with van der Waals surface area (Å²) in [4.78, 5) is 9.98. The molecule has 6 heteroatoms. The van der Waals surface area contributed by atoms with Crippen LogP contribution in [0.3, 0.4) is 0 Å². The van der Waals surface area contributed by atoms with E-state index in [1.807, 2.05) is 19.1 Å². The molecule has 0 fully saturated rings. The van der Waals surface area contributed by atoms with Gasteiger partial charge in [-0.15, -0.1) is 0 Å². The maximum Gasteiger partial charge on any atom is 0.305 e. The van der Waals surface area contributed by atoms with Crippen molar-refractivity contribution < 1.29 is 9.31 Å². The summed E-state index contributed by atoms with van der Waals surface area (Å²) in [5.41, 5.74) is 0.767. The summed E-state index contributed by atoms with van der Waals surface area (Å²) in [5, 5.41) is 14.5. The Hall–Kier alpha value is -1.98. The summed E-state index contributed by atoms with van der Waals surface area (Å²) in [7, 11) is 0. The van der Waals surface area contributed by atoms with Crippen LogP contribution in [0.1, 0.15) is 24.1 Å². The number of halogens is 2. The SMILES string of the molecule is C[C@H](NCc1cccc([N+](=O)[O-])c1F)c1ccc(Cl)cc1. The highest BCUT2D eigenvalue weighted by Crippen LogP contribution is 2.21. The van der Waals surface area contributed by atoms with Crippen LogP contribution in [-0.4, -0.2) is 4.92 Å². The van der Waals surface area contributed by atoms with E-state index in [4.69, 9.17) is 11.6 Å². The minimum atomic E-state index is -0.793. The van der Waals surface area contributed by atoms with Crippen molar-refractivity contribution in [1.82, 2.24) is 5.32 Å². The highest BCUT2D eigenvalue weighted by atomic mass is 35.5. The lowest BCUT2D eigenvalue weighted by atomic mass is 10.1. The second-order valence-electron chi connectivity index (χ2n) is 4.66. The quantitative estimate of drug-likeness (QED) is 0.664. The van der Waals surface area contributed by atoms with Crippen LogP contribution in [0.25, 0.3) is 0 Å². The first kappa shape index (κ1) is 15.4. The van der Waals surface area contributed by atoms with Gasteiger partial charge in [0.05, 0.1) is 4.92 Å². The molecule has 1 N–H and O–H groups in total. The minimum Gasteiger partial charge on any atom is -0.306 e. The number of nitro groups is 1. The maximum absolute atomic E-state index is 13.9. The molecule has 0 aromatic heterocycles. The van der Waals surface area contributed by atoms with E-state index in [0.29, 0.717) is 5.02 Å². The average molecular weight is 309 g/mol. The molecule has 0 aliphatic heterocycles. The zero-order chi connectivity index (χ0) is 15.4. The molecule has 0 aliphatic rings. The van der Waals surface area contributed by atoms with Crippen molar-refractivity contribution in [2.24, 2.45) is 0 Å². The number of nitrogens with one attached hydrogen (secondary N) is 1. The van der Waals surface area contributed by atoms with Gasteiger partial charge in [0.25, 0.3) is 0 Å². The molecule has 1 atom stereocenters. The van der Waals surface area contributed by atoms with E-state index in [2.05, 4.69) is 5.32 Å². The topological polar surface area (TPSA) is 55.2 Å². The Morgan fingerprint density at radius 3 is 2.57 bits per heavy atom. The smallest absolute Gasteiger partial charge is 0.305 e. The highest BCUT2D eigenvalue weighted by Gasteiger charge is 2.17. The summed E-state index contributed by atoms with van der Waals surface area (Å²) in [5.74, 6) is -0.793. The molecule has 2 aromatic rings. The second-order valence-corrected chi connectivity index (χ2v) is 5.10. The van der Waals surface area contributed by atoms with Crippen LogP contribution < -0.4 is 5.32 Å². The summed E-state index contributed by atoms with van der Waals surface area (Å²) in [6.07, 6.45) is 0. The summed E-state index contributed by atoms with van der Waals surface area (Å²) < 4.78 is 13.9. The van der Waals surface area contributed by atoms with Gasteiger partial charge in [-0.3, -0.25) is 10.1 Å². The second kappa shape index (κ2) is 6.65. The van der Waals surface area contributed by atoms with Crippen LogP contribution in [0.15, 0.2) is 42.5 Å². The number of hydrogen-bond donors (Lipinski definition) is 1. The third-order valence-electron chi connectivity index (χ3n) is 3.22. The molecule has 0 amide bonds. The number of nitrogens with zero attached hydrogens (tertiary/aromatic N) is 1. The molecule has 4 nitrogen and oxygen atoms in total. The molecule has 0 heterocycles. The molecule has 0 saturated heterocycles. The molecule has 0 saturated carbocycles. The van der Waals surface area contributed by atoms with Crippen LogP contribution in [0.2, 0.25) is 5.02 Å². The number of nitro benzene ring substituents is 1. The van der Waals surface area contributed by atoms with E-state index in [-0.39, 0.29) is 18.2 Å². The summed E-state index contributed by atoms with van der Waals surface area (Å²) in [6.45, 7) is 2.13. The van der Waals surface area contributed by atoms with Gasteiger partial charge in [0.2, 0.25) is 5.82 Å². The summed E-state index contributed by atoms with van der Waals surface area (Å²) in [6, 6.07) is 11.5. The van der Waals surface area contributed by atoms with Gasteiger partial charge in [0.1, 0.15) is 0 Å². The van der Waals surface area contributed by atoms with Gasteiger partial charge in [-0.05, 0) is 24.6 Å². The van der Waals surface area contributed by atoms with Crippen LogP contribution in [0, 0.1) is 15.9 Å². The van der Waals surface area contributed by atoms with Crippen LogP contribution in [-0.2, 0) is 6.54 Å². The lowest BCUT2D eigenvalue weighted by molar-refractivity contribution is -0.387. The van der Waals surface area contributed by atoms with Crippen LogP contribution in [0.5, 0.6) is 0 Å². The Bertz CT molecular complexity index is 647. The number of benzene rings is 2. The molecule has 0 unspecified atom stereocenters. The van der Waals surface area contributed by atoms with Crippen LogP contribution >= 0.6 is 11.6 Å². The normalized spacial score (nSPS) is 12.1. The van der Waals surface area contributed by atoms with Crippen molar-refractivity contribution in [2.75, 3.05) is 0 Å². The Kier molecular flexibility index (Phi) is 4.88. The molecule has 110 valence electrons. The first-order valence-corrected chi connectivity index (χ1v) is 6.77. The molecule has 21 heavy (non-hydrogen) atoms. The number of rotatable bonds is 5. The van der Waals surface area contributed by atoms with Crippen LogP contribution in [0.4, 0.5) is 10.1 Å². The van der Waals surface area contributed by atoms with E-state index in [9.17, 15) is 14.5 Å². The van der Waals surface area contributed by atoms with Crippen molar-refractivity contribution in [1.29, 1.82) is 0 Å². The third kappa shape index (κ3) is 3.77. The van der Waals surface area contributed by atoms with E-state index < -0.39 is 16.4 Å². The van der Waals surface area contributed by atoms with Crippen molar-refractivity contribution in [2.45, 2.75) is 19.5 Å². The van der Waals surface area contributed by atoms with Gasteiger partial charge in [-0.2, -0.15) is 4.39 Å². The predicted molar refractivity (Wildman–Crippen MR) is 79.8 cm³/mol. The van der Waals surface area contributed by atoms with Gasteiger partial charge < -0.3 is 5.32 Å². The predicted octanol–water partition coefficient (Wildman–Crippen LogP) is 4.24. The standard InChI is InChI=1S/C15H14ClFN2O2/c1-10(11-5-7-13(16)8-6-11)18-9-12-3-2-4-14(15(12)17)19(20)21/h2-8,10,18H,9H2,1H3/t10-/m0/s1. The molecule has 0 aliphatic carbocycles. The van der Waals surface area contributed by atoms with E-state index in [1.54, 1.807) is 12.1 Å². The van der Waals surface area contributed by atoms with Crippen molar-refractivity contribution in [3.05, 3.63) is 74.5 Å². The maximum atomic E-state index is 13.9. The Morgan fingerprint density at radius 2 is 1.95 bits per heavy atom. The van der Waals surface area contributed by atoms with Gasteiger partial charge >= 0.3 is 5.69 Å². The van der Waals surface area contributed by atoms with Crippen molar-refractivity contribution in [3.8, 4) is 0 Å². The zero-order valence-corrected chi connectivity index (χ0v) is 12.1. The first-order valence-electron chi connectivity index (χ1n) is 6.39. The van der Waals surface area contributed by atoms with E-state index in [1.165, 1.54) is 12.1 Å². The number of hydrogen-bond acceptors (Lipinski definition) is 3. The molecule has 0 bridgehead atoms. The Balaban J connectivity index is 2.08. The van der Waals surface area contributed by atoms with Gasteiger partial charge in [0, 0.05) is 29.2 Å². The van der Waals surface area contributed by atoms with E-state index >= 15 is 0 Å². The Labute approximate surface area is 126 Å². The average Bonchev–Trinajstić information content (AvgIpc) is 2.46. The zero-order valence-electron chi connectivity index (χ0n) is 11.3. The van der Waals surface area contributed by atoms with Gasteiger partial charge in [-0.1, -0.05) is 35.9 Å². The fourth-order valence-electron chi connectivity index (χ4n) is 1.98. The van der Waals surface area contributed by atoms with Gasteiger partial charge in [0.15, 0.2) is 0 Å². The Morgan fingerprint density at radius 1 is 1.29 bits per heavy atom. The third-order valence-corrected chi connectivity index (χ3v) is 3.48. The first-order chi connectivity index (χ1) is 9.99. The van der Waals surface area contributed by atoms with E-state index in [0.717, 1.165) is 11.6 Å². The molecule has 0 spiro atoms. The summed E-state index contributed by atoms with van der Waals surface area (Å²) >= 11 is 5.82. The molecule has 2 aromatic carbocycles. The van der Waals surface area contributed by atoms with Crippen molar-refractivity contribution in [3.63, 3.8) is 0 Å². The largest absolute Gasteiger partial charge is 0.306 e. The highest BCUT2D eigenvalue weighted by molar-refractivity contribution is 6.30. The lowest BCUT2D eigenvalue weighted by Crippen LogP contribution is -2.19. The monoisotopic (exact) mass is 308 g/mol. The minimum absolute atomic E-state index is 0.0269. The van der Waals surface area contributed by atoms with Gasteiger partial charge in [-0.25, -0.2) is 0 Å². The molecular weight excluding hydrogens is 295 g/mol.